The highest BCUT2D eigenvalue weighted by Gasteiger charge is 2.71. The summed E-state index contributed by atoms with van der Waals surface area (Å²) in [6.07, 6.45) is -3.06. The lowest BCUT2D eigenvalue weighted by atomic mass is 9.64. The highest BCUT2D eigenvalue weighted by Crippen LogP contribution is 2.71. The molecular formula is C25H24BrF3N2O3. The molecule has 0 aliphatic heterocycles. The summed E-state index contributed by atoms with van der Waals surface area (Å²) in [7, 11) is 0. The Labute approximate surface area is 203 Å². The number of anilines is 1. The molecule has 2 aromatic rings. The van der Waals surface area contributed by atoms with Gasteiger partial charge in [0.05, 0.1) is 22.3 Å². The summed E-state index contributed by atoms with van der Waals surface area (Å²) >= 11 is 3.32. The molecule has 2 aliphatic rings. The summed E-state index contributed by atoms with van der Waals surface area (Å²) < 4.78 is 39.9. The lowest BCUT2D eigenvalue weighted by Crippen LogP contribution is -2.43. The van der Waals surface area contributed by atoms with Crippen molar-refractivity contribution in [3.05, 3.63) is 64.1 Å². The van der Waals surface area contributed by atoms with Gasteiger partial charge in [-0.15, -0.1) is 0 Å². The fourth-order valence-electron chi connectivity index (χ4n) is 5.32. The number of carbonyl (C=O) groups excluding carboxylic acids is 2. The second-order valence-corrected chi connectivity index (χ2v) is 10.5. The van der Waals surface area contributed by atoms with E-state index in [-0.39, 0.29) is 18.0 Å². The number of rotatable bonds is 4. The van der Waals surface area contributed by atoms with E-state index in [1.807, 2.05) is 20.8 Å². The molecule has 0 saturated heterocycles. The normalized spacial score (nSPS) is 26.5. The van der Waals surface area contributed by atoms with Crippen LogP contribution in [0.1, 0.15) is 56.0 Å². The van der Waals surface area contributed by atoms with Gasteiger partial charge in [0, 0.05) is 22.0 Å². The minimum atomic E-state index is -4.50. The van der Waals surface area contributed by atoms with Crippen LogP contribution in [0, 0.1) is 16.2 Å². The fraction of sp³-hybridized carbons (Fsp3) is 0.400. The molecule has 2 aromatic carbocycles. The first-order valence-electron chi connectivity index (χ1n) is 10.8. The van der Waals surface area contributed by atoms with Crippen LogP contribution in [0.4, 0.5) is 18.9 Å². The second-order valence-electron chi connectivity index (χ2n) is 9.65. The Hall–Kier alpha value is -2.68. The molecule has 2 fully saturated rings. The molecule has 2 atom stereocenters. The van der Waals surface area contributed by atoms with Gasteiger partial charge in [-0.1, -0.05) is 44.1 Å². The zero-order valence-corrected chi connectivity index (χ0v) is 20.5. The quantitative estimate of drug-likeness (QED) is 0.343. The maximum Gasteiger partial charge on any atom is 0.416 e. The van der Waals surface area contributed by atoms with E-state index in [9.17, 15) is 22.8 Å². The van der Waals surface area contributed by atoms with Crippen LogP contribution >= 0.6 is 15.9 Å². The topological polar surface area (TPSA) is 67.8 Å². The number of oxime groups is 1. The molecule has 34 heavy (non-hydrogen) atoms. The third kappa shape index (κ3) is 3.74. The van der Waals surface area contributed by atoms with Crippen molar-refractivity contribution >= 4 is 39.2 Å². The summed E-state index contributed by atoms with van der Waals surface area (Å²) in [6, 6.07) is 11.4. The molecule has 0 spiro atoms. The summed E-state index contributed by atoms with van der Waals surface area (Å²) in [6.45, 7) is 5.91. The highest BCUT2D eigenvalue weighted by atomic mass is 79.9. The van der Waals surface area contributed by atoms with Crippen molar-refractivity contribution in [1.82, 2.24) is 0 Å². The summed E-state index contributed by atoms with van der Waals surface area (Å²) in [5.41, 5.74) is -1.78. The minimum absolute atomic E-state index is 0.0874. The molecule has 9 heteroatoms. The van der Waals surface area contributed by atoms with Crippen LogP contribution in [0.3, 0.4) is 0 Å². The summed E-state index contributed by atoms with van der Waals surface area (Å²) in [5.74, 6) is -0.977. The van der Waals surface area contributed by atoms with Crippen molar-refractivity contribution in [2.75, 3.05) is 5.32 Å². The molecule has 2 bridgehead atoms. The molecular weight excluding hydrogens is 513 g/mol. The Kier molecular flexibility index (Phi) is 5.91. The lowest BCUT2D eigenvalue weighted by Gasteiger charge is -2.39. The number of halogens is 4. The maximum atomic E-state index is 13.5. The standard InChI is InChI=1S/C25H24BrF3N2O3/c1-22(2)23(3)11-12-24(22,21(33)30-16-8-6-7-15(13-16)25(27,28)29)14-19(23)31-34-20(32)17-9-4-5-10-18(17)26/h4-10,13H,11-12,14H2,1-3H3,(H,30,33). The van der Waals surface area contributed by atoms with Gasteiger partial charge in [0.25, 0.3) is 0 Å². The number of nitrogens with one attached hydrogen (secondary N) is 1. The van der Waals surface area contributed by atoms with Gasteiger partial charge < -0.3 is 10.2 Å². The average Bonchev–Trinajstić information content (AvgIpc) is 3.08. The van der Waals surface area contributed by atoms with Crippen LogP contribution in [-0.2, 0) is 15.8 Å². The van der Waals surface area contributed by atoms with E-state index in [1.165, 1.54) is 12.1 Å². The lowest BCUT2D eigenvalue weighted by molar-refractivity contribution is -0.137. The number of hydrogen-bond donors (Lipinski definition) is 1. The number of carbonyl (C=O) groups is 2. The average molecular weight is 537 g/mol. The molecule has 180 valence electrons. The highest BCUT2D eigenvalue weighted by molar-refractivity contribution is 9.10. The molecule has 0 aromatic heterocycles. The van der Waals surface area contributed by atoms with Crippen LogP contribution in [0.5, 0.6) is 0 Å². The van der Waals surface area contributed by atoms with Crippen molar-refractivity contribution in [3.8, 4) is 0 Å². The van der Waals surface area contributed by atoms with Crippen molar-refractivity contribution in [2.24, 2.45) is 21.4 Å². The predicted molar refractivity (Wildman–Crippen MR) is 125 cm³/mol. The molecule has 1 N–H and O–H groups in total. The number of nitrogens with zero attached hydrogens (tertiary/aromatic N) is 1. The van der Waals surface area contributed by atoms with E-state index in [1.54, 1.807) is 24.3 Å². The van der Waals surface area contributed by atoms with Gasteiger partial charge in [0.1, 0.15) is 0 Å². The van der Waals surface area contributed by atoms with Crippen LogP contribution < -0.4 is 5.32 Å². The van der Waals surface area contributed by atoms with Crippen LogP contribution in [0.2, 0.25) is 0 Å². The number of alkyl halides is 3. The smallest absolute Gasteiger partial charge is 0.326 e. The minimum Gasteiger partial charge on any atom is -0.326 e. The zero-order chi connectivity index (χ0) is 24.9. The first-order valence-corrected chi connectivity index (χ1v) is 11.6. The Morgan fingerprint density at radius 3 is 2.44 bits per heavy atom. The van der Waals surface area contributed by atoms with Crippen molar-refractivity contribution in [3.63, 3.8) is 0 Å². The fourth-order valence-corrected chi connectivity index (χ4v) is 5.77. The number of benzene rings is 2. The SMILES string of the molecule is CC12CCC(C(=O)Nc3cccc(C(F)(F)F)c3)(CC1=NOC(=O)c1ccccc1Br)C2(C)C. The Morgan fingerprint density at radius 2 is 1.76 bits per heavy atom. The van der Waals surface area contributed by atoms with Crippen LogP contribution in [0.25, 0.3) is 0 Å². The van der Waals surface area contributed by atoms with E-state index >= 15 is 0 Å². The molecule has 2 unspecified atom stereocenters. The molecule has 0 radical (unpaired) electrons. The first-order chi connectivity index (χ1) is 15.8. The predicted octanol–water partition coefficient (Wildman–Crippen LogP) is 6.84. The van der Waals surface area contributed by atoms with Crippen LogP contribution in [-0.4, -0.2) is 17.6 Å². The number of hydrogen-bond acceptors (Lipinski definition) is 4. The van der Waals surface area contributed by atoms with E-state index < -0.39 is 34.0 Å². The second kappa shape index (κ2) is 8.22. The van der Waals surface area contributed by atoms with Gasteiger partial charge in [-0.2, -0.15) is 13.2 Å². The molecule has 2 saturated carbocycles. The zero-order valence-electron chi connectivity index (χ0n) is 18.9. The van der Waals surface area contributed by atoms with E-state index in [0.29, 0.717) is 28.6 Å². The van der Waals surface area contributed by atoms with Crippen molar-refractivity contribution < 1.29 is 27.6 Å². The first kappa shape index (κ1) is 24.4. The Morgan fingerprint density at radius 1 is 1.06 bits per heavy atom. The van der Waals surface area contributed by atoms with Gasteiger partial charge in [-0.25, -0.2) is 4.79 Å². The Balaban J connectivity index is 1.59. The van der Waals surface area contributed by atoms with E-state index in [2.05, 4.69) is 26.4 Å². The third-order valence-electron chi connectivity index (χ3n) is 7.95. The number of amides is 1. The largest absolute Gasteiger partial charge is 0.416 e. The Bertz CT molecular complexity index is 1190. The summed E-state index contributed by atoms with van der Waals surface area (Å²) in [4.78, 5) is 31.3. The maximum absolute atomic E-state index is 13.5. The molecule has 5 nitrogen and oxygen atoms in total. The van der Waals surface area contributed by atoms with Gasteiger partial charge in [0.15, 0.2) is 0 Å². The van der Waals surface area contributed by atoms with Crippen molar-refractivity contribution in [2.45, 2.75) is 46.2 Å². The monoisotopic (exact) mass is 536 g/mol. The van der Waals surface area contributed by atoms with Gasteiger partial charge in [-0.05, 0) is 64.5 Å². The number of fused-ring (bicyclic) bond motifs is 2. The third-order valence-corrected chi connectivity index (χ3v) is 8.64. The van der Waals surface area contributed by atoms with Crippen LogP contribution in [0.15, 0.2) is 58.2 Å². The molecule has 4 rings (SSSR count). The van der Waals surface area contributed by atoms with Gasteiger partial charge in [0.2, 0.25) is 5.91 Å². The molecule has 0 heterocycles. The van der Waals surface area contributed by atoms with Crippen molar-refractivity contribution in [1.29, 1.82) is 0 Å². The molecule has 2 aliphatic carbocycles. The molecule has 1 amide bonds. The van der Waals surface area contributed by atoms with Gasteiger partial charge >= 0.3 is 12.1 Å². The van der Waals surface area contributed by atoms with E-state index in [0.717, 1.165) is 12.1 Å². The summed E-state index contributed by atoms with van der Waals surface area (Å²) in [5, 5.41) is 6.89. The van der Waals surface area contributed by atoms with E-state index in [4.69, 9.17) is 4.84 Å². The van der Waals surface area contributed by atoms with Gasteiger partial charge in [-0.3, -0.25) is 4.79 Å².